The van der Waals surface area contributed by atoms with Crippen LogP contribution in [-0.2, 0) is 0 Å². The molecule has 5 heteroatoms. The van der Waals surface area contributed by atoms with Gasteiger partial charge in [0.25, 0.3) is 0 Å². The Bertz CT molecular complexity index is 499. The van der Waals surface area contributed by atoms with Crippen molar-refractivity contribution in [2.24, 2.45) is 5.73 Å². The maximum atomic E-state index is 11.1. The second kappa shape index (κ2) is 6.59. The highest BCUT2D eigenvalue weighted by molar-refractivity contribution is 6.34. The number of carbonyl (C=O) groups is 1. The highest BCUT2D eigenvalue weighted by Crippen LogP contribution is 2.21. The van der Waals surface area contributed by atoms with Crippen LogP contribution in [-0.4, -0.2) is 25.5 Å². The van der Waals surface area contributed by atoms with E-state index in [4.69, 9.17) is 17.3 Å². The van der Waals surface area contributed by atoms with Gasteiger partial charge in [0.05, 0.1) is 10.6 Å². The molecule has 1 amide bonds. The molecule has 0 fully saturated rings. The van der Waals surface area contributed by atoms with Gasteiger partial charge in [-0.1, -0.05) is 23.3 Å². The molecule has 1 heterocycles. The number of amides is 1. The number of primary amides is 1. The fourth-order valence-electron chi connectivity index (χ4n) is 2.09. The molecular weight excluding hydrogens is 262 g/mol. The van der Waals surface area contributed by atoms with E-state index in [0.29, 0.717) is 10.6 Å². The maximum absolute atomic E-state index is 11.1. The van der Waals surface area contributed by atoms with Crippen molar-refractivity contribution < 1.29 is 4.79 Å². The third kappa shape index (κ3) is 3.98. The Labute approximate surface area is 118 Å². The van der Waals surface area contributed by atoms with Crippen molar-refractivity contribution in [1.29, 1.82) is 0 Å². The molecule has 2 rings (SSSR count). The zero-order chi connectivity index (χ0) is 13.7. The zero-order valence-electron chi connectivity index (χ0n) is 10.7. The topological polar surface area (TPSA) is 67.2 Å². The van der Waals surface area contributed by atoms with E-state index in [-0.39, 0.29) is 0 Å². The summed E-state index contributed by atoms with van der Waals surface area (Å²) in [5.74, 6) is -0.503. The first-order valence-corrected chi connectivity index (χ1v) is 6.76. The van der Waals surface area contributed by atoms with Crippen LogP contribution >= 0.6 is 11.6 Å². The normalized spacial score (nSPS) is 14.9. The van der Waals surface area contributed by atoms with E-state index in [9.17, 15) is 4.79 Å². The summed E-state index contributed by atoms with van der Waals surface area (Å²) in [7, 11) is 0. The fourth-order valence-corrected chi connectivity index (χ4v) is 2.36. The number of halogens is 1. The van der Waals surface area contributed by atoms with Crippen LogP contribution in [0.5, 0.6) is 0 Å². The Morgan fingerprint density at radius 3 is 2.95 bits per heavy atom. The lowest BCUT2D eigenvalue weighted by molar-refractivity contribution is 0.100. The predicted molar refractivity (Wildman–Crippen MR) is 78.6 cm³/mol. The molecule has 4 N–H and O–H groups in total. The minimum Gasteiger partial charge on any atom is -0.385 e. The minimum absolute atomic E-state index is 0.355. The van der Waals surface area contributed by atoms with Gasteiger partial charge in [0.1, 0.15) is 0 Å². The number of carbonyl (C=O) groups excluding carboxylic acids is 1. The zero-order valence-corrected chi connectivity index (χ0v) is 11.5. The van der Waals surface area contributed by atoms with E-state index in [1.807, 2.05) is 6.07 Å². The molecule has 0 saturated heterocycles. The number of hydrogen-bond donors (Lipinski definition) is 3. The number of hydrogen-bond acceptors (Lipinski definition) is 3. The molecule has 0 radical (unpaired) electrons. The molecule has 4 nitrogen and oxygen atoms in total. The molecule has 1 aromatic carbocycles. The van der Waals surface area contributed by atoms with E-state index in [0.717, 1.165) is 38.2 Å². The number of rotatable bonds is 5. The highest BCUT2D eigenvalue weighted by atomic mass is 35.5. The fraction of sp³-hybridized carbons (Fsp3) is 0.357. The third-order valence-corrected chi connectivity index (χ3v) is 3.48. The molecule has 0 bridgehead atoms. The van der Waals surface area contributed by atoms with Crippen LogP contribution in [0.2, 0.25) is 5.02 Å². The van der Waals surface area contributed by atoms with Crippen LogP contribution in [0.3, 0.4) is 0 Å². The smallest absolute Gasteiger partial charge is 0.250 e. The van der Waals surface area contributed by atoms with Crippen LogP contribution in [0.25, 0.3) is 0 Å². The van der Waals surface area contributed by atoms with E-state index in [2.05, 4.69) is 16.7 Å². The van der Waals surface area contributed by atoms with Crippen LogP contribution in [0, 0.1) is 0 Å². The van der Waals surface area contributed by atoms with Gasteiger partial charge in [-0.05, 0) is 37.6 Å². The van der Waals surface area contributed by atoms with Gasteiger partial charge in [-0.25, -0.2) is 0 Å². The molecule has 0 atom stereocenters. The average molecular weight is 280 g/mol. The quantitative estimate of drug-likeness (QED) is 0.724. The lowest BCUT2D eigenvalue weighted by atomic mass is 10.1. The average Bonchev–Trinajstić information content (AvgIpc) is 2.39. The van der Waals surface area contributed by atoms with Gasteiger partial charge in [0, 0.05) is 18.8 Å². The Balaban J connectivity index is 1.87. The van der Waals surface area contributed by atoms with Gasteiger partial charge >= 0.3 is 0 Å². The summed E-state index contributed by atoms with van der Waals surface area (Å²) in [4.78, 5) is 11.1. The van der Waals surface area contributed by atoms with Crippen molar-refractivity contribution in [3.63, 3.8) is 0 Å². The van der Waals surface area contributed by atoms with Gasteiger partial charge in [-0.15, -0.1) is 0 Å². The van der Waals surface area contributed by atoms with Crippen LogP contribution in [0.4, 0.5) is 5.69 Å². The van der Waals surface area contributed by atoms with Crippen molar-refractivity contribution in [3.8, 4) is 0 Å². The first kappa shape index (κ1) is 13.9. The second-order valence-electron chi connectivity index (χ2n) is 4.55. The summed E-state index contributed by atoms with van der Waals surface area (Å²) in [6.45, 7) is 2.89. The van der Waals surface area contributed by atoms with Gasteiger partial charge in [0.15, 0.2) is 0 Å². The molecule has 0 aromatic heterocycles. The van der Waals surface area contributed by atoms with Gasteiger partial charge < -0.3 is 16.4 Å². The molecule has 102 valence electrons. The molecule has 0 aliphatic carbocycles. The number of nitrogens with two attached hydrogens (primary N) is 1. The predicted octanol–water partition coefficient (Wildman–Crippen LogP) is 2.16. The summed E-state index contributed by atoms with van der Waals surface area (Å²) < 4.78 is 0. The van der Waals surface area contributed by atoms with Gasteiger partial charge in [-0.2, -0.15) is 0 Å². The number of nitrogens with one attached hydrogen (secondary N) is 2. The van der Waals surface area contributed by atoms with E-state index in [1.165, 1.54) is 5.57 Å². The van der Waals surface area contributed by atoms with Crippen LogP contribution < -0.4 is 16.4 Å². The largest absolute Gasteiger partial charge is 0.385 e. The molecule has 1 aliphatic heterocycles. The Morgan fingerprint density at radius 2 is 2.32 bits per heavy atom. The van der Waals surface area contributed by atoms with Crippen molar-refractivity contribution >= 4 is 23.2 Å². The number of anilines is 1. The molecule has 1 aliphatic rings. The molecule has 19 heavy (non-hydrogen) atoms. The van der Waals surface area contributed by atoms with Crippen LogP contribution in [0.15, 0.2) is 29.8 Å². The van der Waals surface area contributed by atoms with Crippen molar-refractivity contribution in [2.45, 2.75) is 12.8 Å². The van der Waals surface area contributed by atoms with Gasteiger partial charge in [-0.3, -0.25) is 4.79 Å². The number of benzene rings is 1. The first-order chi connectivity index (χ1) is 9.16. The maximum Gasteiger partial charge on any atom is 0.250 e. The molecular formula is C14H18ClN3O. The lowest BCUT2D eigenvalue weighted by Crippen LogP contribution is -2.21. The standard InChI is InChI=1S/C14H18ClN3O/c15-13-9-11(1-2-12(13)14(16)19)18-8-5-10-3-6-17-7-4-10/h1-3,9,17-18H,4-8H2,(H2,16,19). The Kier molecular flexibility index (Phi) is 4.82. The van der Waals surface area contributed by atoms with Gasteiger partial charge in [0.2, 0.25) is 5.91 Å². The molecule has 1 aromatic rings. The summed E-state index contributed by atoms with van der Waals surface area (Å²) >= 11 is 5.99. The molecule has 0 unspecified atom stereocenters. The van der Waals surface area contributed by atoms with Crippen molar-refractivity contribution in [2.75, 3.05) is 25.0 Å². The first-order valence-electron chi connectivity index (χ1n) is 6.38. The summed E-state index contributed by atoms with van der Waals surface area (Å²) in [5, 5.41) is 6.98. The van der Waals surface area contributed by atoms with Crippen molar-refractivity contribution in [3.05, 3.63) is 40.4 Å². The van der Waals surface area contributed by atoms with Crippen molar-refractivity contribution in [1.82, 2.24) is 5.32 Å². The minimum atomic E-state index is -0.503. The summed E-state index contributed by atoms with van der Waals surface area (Å²) in [6, 6.07) is 5.21. The Hall–Kier alpha value is -1.52. The third-order valence-electron chi connectivity index (χ3n) is 3.17. The lowest BCUT2D eigenvalue weighted by Gasteiger charge is -2.14. The van der Waals surface area contributed by atoms with Crippen LogP contribution in [0.1, 0.15) is 23.2 Å². The summed E-state index contributed by atoms with van der Waals surface area (Å²) in [6.07, 6.45) is 4.38. The highest BCUT2D eigenvalue weighted by Gasteiger charge is 2.07. The summed E-state index contributed by atoms with van der Waals surface area (Å²) in [5.41, 5.74) is 7.94. The second-order valence-corrected chi connectivity index (χ2v) is 4.96. The molecule has 0 spiro atoms. The Morgan fingerprint density at radius 1 is 1.47 bits per heavy atom. The SMILES string of the molecule is NC(=O)c1ccc(NCCC2=CCNCC2)cc1Cl. The van der Waals surface area contributed by atoms with E-state index < -0.39 is 5.91 Å². The van der Waals surface area contributed by atoms with E-state index >= 15 is 0 Å². The van der Waals surface area contributed by atoms with E-state index in [1.54, 1.807) is 12.1 Å². The molecule has 0 saturated carbocycles. The monoisotopic (exact) mass is 279 g/mol.